The van der Waals surface area contributed by atoms with E-state index in [1.165, 1.54) is 72.0 Å². The lowest BCUT2D eigenvalue weighted by atomic mass is 9.54. The number of benzene rings is 7. The summed E-state index contributed by atoms with van der Waals surface area (Å²) in [5.74, 6) is 0.0944. The molecule has 0 heterocycles. The van der Waals surface area contributed by atoms with Gasteiger partial charge in [0.2, 0.25) is 0 Å². The highest BCUT2D eigenvalue weighted by atomic mass is 14.8. The van der Waals surface area contributed by atoms with Crippen LogP contribution in [0.5, 0.6) is 0 Å². The van der Waals surface area contributed by atoms with Crippen molar-refractivity contribution in [3.8, 4) is 22.3 Å². The third kappa shape index (κ3) is 4.48. The van der Waals surface area contributed by atoms with Crippen LogP contribution in [0.3, 0.4) is 0 Å². The van der Waals surface area contributed by atoms with Gasteiger partial charge in [-0.2, -0.15) is 0 Å². The Hall–Kier alpha value is -5.86. The first-order valence-electron chi connectivity index (χ1n) is 17.7. The average molecular weight is 645 g/mol. The SMILES string of the molecule is CNc1ccc2c(c1)C(C(c1ccccc1)(c1ccccc1)C1C(C)=Cc3ccc(-c4cccc5ccccc45)cc31)c1cc(NC)ccc1-2. The summed E-state index contributed by atoms with van der Waals surface area (Å²) in [7, 11) is 4.04. The molecule has 7 aromatic rings. The Bertz CT molecular complexity index is 2320. The van der Waals surface area contributed by atoms with E-state index in [1.807, 2.05) is 14.1 Å². The Balaban J connectivity index is 1.39. The van der Waals surface area contributed by atoms with Crippen molar-refractivity contribution < 1.29 is 0 Å². The molecule has 0 saturated carbocycles. The number of rotatable bonds is 7. The second kappa shape index (κ2) is 11.9. The van der Waals surface area contributed by atoms with Gasteiger partial charge in [0.1, 0.15) is 0 Å². The standard InChI is InChI=1S/C48H40N2/c1-31-27-33-21-22-34(40-20-12-14-32-13-10-11-19-39(32)40)28-43(33)46(31)48(35-15-6-4-7-16-35,36-17-8-5-9-18-36)47-44-29-37(49-2)23-25-41(44)42-26-24-38(50-3)30-45(42)47/h4-30,46-47,49-50H,1-3H3. The summed E-state index contributed by atoms with van der Waals surface area (Å²) in [5, 5.41) is 9.48. The maximum Gasteiger partial charge on any atom is 0.0418 e. The summed E-state index contributed by atoms with van der Waals surface area (Å²) in [6, 6.07) is 59.1. The van der Waals surface area contributed by atoms with E-state index in [4.69, 9.17) is 0 Å². The van der Waals surface area contributed by atoms with Crippen LogP contribution in [0, 0.1) is 0 Å². The topological polar surface area (TPSA) is 24.1 Å². The number of hydrogen-bond donors (Lipinski definition) is 2. The molecule has 0 aliphatic heterocycles. The van der Waals surface area contributed by atoms with Crippen LogP contribution in [0.15, 0.2) is 163 Å². The first-order valence-corrected chi connectivity index (χ1v) is 17.7. The molecule has 0 bridgehead atoms. The zero-order valence-electron chi connectivity index (χ0n) is 28.7. The van der Waals surface area contributed by atoms with Gasteiger partial charge in [-0.3, -0.25) is 0 Å². The lowest BCUT2D eigenvalue weighted by Gasteiger charge is -2.47. The van der Waals surface area contributed by atoms with Crippen molar-refractivity contribution in [3.63, 3.8) is 0 Å². The van der Waals surface area contributed by atoms with Gasteiger partial charge in [0.15, 0.2) is 0 Å². The largest absolute Gasteiger partial charge is 0.388 e. The summed E-state index contributed by atoms with van der Waals surface area (Å²) in [6.45, 7) is 2.35. The van der Waals surface area contributed by atoms with E-state index < -0.39 is 5.41 Å². The smallest absolute Gasteiger partial charge is 0.0418 e. The van der Waals surface area contributed by atoms with Crippen molar-refractivity contribution in [2.24, 2.45) is 0 Å². The number of allylic oxidation sites excluding steroid dienone is 1. The molecule has 2 N–H and O–H groups in total. The molecule has 0 spiro atoms. The molecule has 0 saturated heterocycles. The number of fused-ring (bicyclic) bond motifs is 5. The molecule has 2 aliphatic rings. The Morgan fingerprint density at radius 1 is 0.480 bits per heavy atom. The van der Waals surface area contributed by atoms with Crippen molar-refractivity contribution in [2.75, 3.05) is 24.7 Å². The average Bonchev–Trinajstić information content (AvgIpc) is 3.69. The molecule has 7 aromatic carbocycles. The molecular weight excluding hydrogens is 605 g/mol. The zero-order valence-corrected chi connectivity index (χ0v) is 28.7. The molecule has 1 unspecified atom stereocenters. The van der Waals surface area contributed by atoms with E-state index in [9.17, 15) is 0 Å². The summed E-state index contributed by atoms with van der Waals surface area (Å²) in [6.07, 6.45) is 2.44. The van der Waals surface area contributed by atoms with Gasteiger partial charge < -0.3 is 10.6 Å². The highest BCUT2D eigenvalue weighted by Gasteiger charge is 2.54. The van der Waals surface area contributed by atoms with E-state index in [0.717, 1.165) is 11.4 Å². The van der Waals surface area contributed by atoms with Crippen LogP contribution in [-0.4, -0.2) is 14.1 Å². The highest BCUT2D eigenvalue weighted by Crippen LogP contribution is 2.65. The van der Waals surface area contributed by atoms with Gasteiger partial charge in [-0.25, -0.2) is 0 Å². The molecule has 0 radical (unpaired) electrons. The monoisotopic (exact) mass is 644 g/mol. The van der Waals surface area contributed by atoms with Gasteiger partial charge in [0, 0.05) is 42.7 Å². The summed E-state index contributed by atoms with van der Waals surface area (Å²) in [5.41, 5.74) is 16.4. The van der Waals surface area contributed by atoms with Crippen LogP contribution < -0.4 is 10.6 Å². The predicted octanol–water partition coefficient (Wildman–Crippen LogP) is 11.9. The van der Waals surface area contributed by atoms with E-state index in [2.05, 4.69) is 181 Å². The molecule has 9 rings (SSSR count). The fraction of sp³-hybridized carbons (Fsp3) is 0.125. The Morgan fingerprint density at radius 2 is 1.06 bits per heavy atom. The molecule has 0 amide bonds. The molecule has 242 valence electrons. The maximum atomic E-state index is 3.47. The first-order chi connectivity index (χ1) is 24.6. The molecule has 2 aliphatic carbocycles. The highest BCUT2D eigenvalue weighted by molar-refractivity contribution is 5.97. The fourth-order valence-electron chi connectivity index (χ4n) is 9.27. The molecule has 2 nitrogen and oxygen atoms in total. The summed E-state index contributed by atoms with van der Waals surface area (Å²) in [4.78, 5) is 0. The zero-order chi connectivity index (χ0) is 33.8. The Kier molecular flexibility index (Phi) is 7.21. The number of hydrogen-bond acceptors (Lipinski definition) is 2. The molecular formula is C48H40N2. The molecule has 1 atom stereocenters. The minimum atomic E-state index is -0.482. The van der Waals surface area contributed by atoms with Crippen molar-refractivity contribution in [1.29, 1.82) is 0 Å². The quantitative estimate of drug-likeness (QED) is 0.180. The summed E-state index contributed by atoms with van der Waals surface area (Å²) < 4.78 is 0. The molecule has 0 aromatic heterocycles. The third-order valence-corrected chi connectivity index (χ3v) is 11.3. The first kappa shape index (κ1) is 30.2. The van der Waals surface area contributed by atoms with Crippen molar-refractivity contribution in [1.82, 2.24) is 0 Å². The minimum Gasteiger partial charge on any atom is -0.388 e. The third-order valence-electron chi connectivity index (χ3n) is 11.3. The van der Waals surface area contributed by atoms with Crippen LogP contribution in [0.1, 0.15) is 52.1 Å². The number of anilines is 2. The van der Waals surface area contributed by atoms with Crippen LogP contribution in [0.2, 0.25) is 0 Å². The fourth-order valence-corrected chi connectivity index (χ4v) is 9.27. The second-order valence-electron chi connectivity index (χ2n) is 13.8. The predicted molar refractivity (Wildman–Crippen MR) is 212 cm³/mol. The van der Waals surface area contributed by atoms with Gasteiger partial charge >= 0.3 is 0 Å². The van der Waals surface area contributed by atoms with E-state index in [0.29, 0.717) is 0 Å². The molecule has 50 heavy (non-hydrogen) atoms. The normalized spacial score (nSPS) is 14.9. The molecule has 2 heteroatoms. The Labute approximate surface area is 295 Å². The molecule has 0 fully saturated rings. The van der Waals surface area contributed by atoms with E-state index >= 15 is 0 Å². The lowest BCUT2D eigenvalue weighted by molar-refractivity contribution is 0.405. The van der Waals surface area contributed by atoms with Crippen LogP contribution >= 0.6 is 0 Å². The lowest BCUT2D eigenvalue weighted by Crippen LogP contribution is -2.41. The minimum absolute atomic E-state index is 0.0272. The van der Waals surface area contributed by atoms with Crippen molar-refractivity contribution in [2.45, 2.75) is 24.2 Å². The van der Waals surface area contributed by atoms with Crippen LogP contribution in [0.4, 0.5) is 11.4 Å². The van der Waals surface area contributed by atoms with Crippen molar-refractivity contribution in [3.05, 3.63) is 197 Å². The van der Waals surface area contributed by atoms with Gasteiger partial charge in [-0.15, -0.1) is 0 Å². The maximum absolute atomic E-state index is 3.47. The van der Waals surface area contributed by atoms with Gasteiger partial charge in [-0.05, 0) is 104 Å². The summed E-state index contributed by atoms with van der Waals surface area (Å²) >= 11 is 0. The van der Waals surface area contributed by atoms with Crippen LogP contribution in [0.25, 0.3) is 39.1 Å². The van der Waals surface area contributed by atoms with Gasteiger partial charge in [0.25, 0.3) is 0 Å². The van der Waals surface area contributed by atoms with Crippen molar-refractivity contribution >= 4 is 28.2 Å². The van der Waals surface area contributed by atoms with Gasteiger partial charge in [0.05, 0.1) is 0 Å². The number of nitrogens with one attached hydrogen (secondary N) is 2. The van der Waals surface area contributed by atoms with Crippen LogP contribution in [-0.2, 0) is 5.41 Å². The Morgan fingerprint density at radius 3 is 1.68 bits per heavy atom. The van der Waals surface area contributed by atoms with E-state index in [1.54, 1.807) is 0 Å². The second-order valence-corrected chi connectivity index (χ2v) is 13.8. The van der Waals surface area contributed by atoms with E-state index in [-0.39, 0.29) is 11.8 Å². The van der Waals surface area contributed by atoms with Gasteiger partial charge in [-0.1, -0.05) is 139 Å².